The first-order valence-electron chi connectivity index (χ1n) is 9.25. The minimum absolute atomic E-state index is 0.00709. The Kier molecular flexibility index (Phi) is 7.91. The van der Waals surface area contributed by atoms with Gasteiger partial charge in [0.2, 0.25) is 10.0 Å². The molecule has 9 nitrogen and oxygen atoms in total. The minimum atomic E-state index is -3.70. The van der Waals surface area contributed by atoms with E-state index in [4.69, 9.17) is 5.26 Å². The van der Waals surface area contributed by atoms with E-state index in [-0.39, 0.29) is 17.0 Å². The zero-order valence-corrected chi connectivity index (χ0v) is 17.5. The quantitative estimate of drug-likeness (QED) is 0.545. The largest absolute Gasteiger partial charge is 0.376 e. The predicted molar refractivity (Wildman–Crippen MR) is 112 cm³/mol. The minimum Gasteiger partial charge on any atom is -0.376 e. The summed E-state index contributed by atoms with van der Waals surface area (Å²) >= 11 is 0. The first-order chi connectivity index (χ1) is 14.3. The van der Waals surface area contributed by atoms with Crippen LogP contribution in [0.5, 0.6) is 0 Å². The van der Waals surface area contributed by atoms with E-state index < -0.39 is 21.8 Å². The Morgan fingerprint density at radius 1 is 1.03 bits per heavy atom. The third-order valence-corrected chi connectivity index (χ3v) is 6.27. The highest BCUT2D eigenvalue weighted by atomic mass is 32.2. The molecule has 2 amide bonds. The number of hydrogen-bond donors (Lipinski definition) is 3. The molecule has 0 aromatic heterocycles. The van der Waals surface area contributed by atoms with Crippen molar-refractivity contribution in [1.29, 1.82) is 5.26 Å². The van der Waals surface area contributed by atoms with Gasteiger partial charge in [0.15, 0.2) is 0 Å². The fraction of sp³-hybridized carbons (Fsp3) is 0.250. The topological polar surface area (TPSA) is 131 Å². The Labute approximate surface area is 175 Å². The lowest BCUT2D eigenvalue weighted by molar-refractivity contribution is -0.120. The number of benzene rings is 2. The monoisotopic (exact) mass is 429 g/mol. The maximum atomic E-state index is 12.6. The van der Waals surface area contributed by atoms with E-state index in [1.807, 2.05) is 6.07 Å². The number of nitriles is 1. The predicted octanol–water partition coefficient (Wildman–Crippen LogP) is 1.46. The summed E-state index contributed by atoms with van der Waals surface area (Å²) < 4.78 is 26.5. The molecule has 30 heavy (non-hydrogen) atoms. The van der Waals surface area contributed by atoms with E-state index in [2.05, 4.69) is 16.2 Å². The normalized spacial score (nSPS) is 10.9. The second-order valence-electron chi connectivity index (χ2n) is 6.16. The number of sulfonamides is 1. The van der Waals surface area contributed by atoms with E-state index in [1.54, 1.807) is 38.1 Å². The lowest BCUT2D eigenvalue weighted by atomic mass is 10.2. The van der Waals surface area contributed by atoms with Gasteiger partial charge in [-0.1, -0.05) is 19.9 Å². The number of amides is 2. The molecule has 0 aliphatic carbocycles. The number of carbonyl (C=O) groups excluding carboxylic acids is 2. The lowest BCUT2D eigenvalue weighted by Crippen LogP contribution is -2.44. The highest BCUT2D eigenvalue weighted by Gasteiger charge is 2.22. The summed E-state index contributed by atoms with van der Waals surface area (Å²) in [4.78, 5) is 24.2. The molecule has 0 atom stereocenters. The number of nitrogens with zero attached hydrogens (tertiary/aromatic N) is 2. The molecule has 10 heteroatoms. The first-order valence-corrected chi connectivity index (χ1v) is 10.7. The Hall–Kier alpha value is -3.42. The van der Waals surface area contributed by atoms with Crippen LogP contribution in [0.2, 0.25) is 0 Å². The van der Waals surface area contributed by atoms with Gasteiger partial charge < -0.3 is 5.32 Å². The molecule has 2 rings (SSSR count). The molecule has 0 unspecified atom stereocenters. The van der Waals surface area contributed by atoms with Gasteiger partial charge in [-0.25, -0.2) is 8.42 Å². The zero-order valence-electron chi connectivity index (χ0n) is 16.7. The summed E-state index contributed by atoms with van der Waals surface area (Å²) in [6.45, 7) is 4.00. The molecule has 2 aromatic carbocycles. The fourth-order valence-corrected chi connectivity index (χ4v) is 4.10. The van der Waals surface area contributed by atoms with Gasteiger partial charge in [0.25, 0.3) is 11.8 Å². The van der Waals surface area contributed by atoms with Crippen molar-refractivity contribution in [2.75, 3.05) is 25.0 Å². The van der Waals surface area contributed by atoms with Crippen LogP contribution < -0.4 is 16.2 Å². The van der Waals surface area contributed by atoms with Crippen LogP contribution in [0.15, 0.2) is 53.4 Å². The summed E-state index contributed by atoms with van der Waals surface area (Å²) in [5.74, 6) is -1.14. The number of anilines is 1. The van der Waals surface area contributed by atoms with Crippen molar-refractivity contribution in [3.63, 3.8) is 0 Å². The molecule has 0 fully saturated rings. The molecule has 0 saturated carbocycles. The summed E-state index contributed by atoms with van der Waals surface area (Å²) in [7, 11) is -3.70. The van der Waals surface area contributed by atoms with Crippen LogP contribution in [0.25, 0.3) is 0 Å². The second kappa shape index (κ2) is 10.4. The van der Waals surface area contributed by atoms with Crippen LogP contribution >= 0.6 is 0 Å². The van der Waals surface area contributed by atoms with Crippen molar-refractivity contribution in [2.24, 2.45) is 0 Å². The molecule has 158 valence electrons. The highest BCUT2D eigenvalue weighted by molar-refractivity contribution is 7.89. The maximum Gasteiger partial charge on any atom is 0.269 e. The van der Waals surface area contributed by atoms with Crippen LogP contribution in [-0.4, -0.2) is 44.2 Å². The number of rotatable bonds is 8. The Balaban J connectivity index is 1.94. The maximum absolute atomic E-state index is 12.6. The average molecular weight is 430 g/mol. The number of carbonyl (C=O) groups is 2. The van der Waals surface area contributed by atoms with Gasteiger partial charge >= 0.3 is 0 Å². The van der Waals surface area contributed by atoms with E-state index in [9.17, 15) is 18.0 Å². The van der Waals surface area contributed by atoms with Crippen molar-refractivity contribution in [3.05, 3.63) is 59.7 Å². The Morgan fingerprint density at radius 3 is 2.30 bits per heavy atom. The second-order valence-corrected chi connectivity index (χ2v) is 8.10. The number of hydrogen-bond acceptors (Lipinski definition) is 6. The number of hydrazine groups is 1. The van der Waals surface area contributed by atoms with Gasteiger partial charge in [0.1, 0.15) is 0 Å². The lowest BCUT2D eigenvalue weighted by Gasteiger charge is -2.18. The molecule has 0 spiro atoms. The SMILES string of the molecule is CCN(CC)S(=O)(=O)c1cccc(C(=O)NNC(=O)CNc2ccc(C#N)cc2)c1. The van der Waals surface area contributed by atoms with Crippen LogP contribution in [0.1, 0.15) is 29.8 Å². The van der Waals surface area contributed by atoms with Crippen LogP contribution in [0.4, 0.5) is 5.69 Å². The summed E-state index contributed by atoms with van der Waals surface area (Å²) in [5.41, 5.74) is 5.77. The zero-order chi connectivity index (χ0) is 22.1. The molecule has 0 aliphatic rings. The Bertz CT molecular complexity index is 1040. The molecule has 0 heterocycles. The first kappa shape index (κ1) is 22.9. The smallest absolute Gasteiger partial charge is 0.269 e. The number of nitrogens with one attached hydrogen (secondary N) is 3. The van der Waals surface area contributed by atoms with Crippen molar-refractivity contribution < 1.29 is 18.0 Å². The highest BCUT2D eigenvalue weighted by Crippen LogP contribution is 2.17. The summed E-state index contributed by atoms with van der Waals surface area (Å²) in [5, 5.41) is 11.6. The van der Waals surface area contributed by atoms with Crippen LogP contribution in [-0.2, 0) is 14.8 Å². The third-order valence-electron chi connectivity index (χ3n) is 4.22. The fourth-order valence-electron chi connectivity index (χ4n) is 2.60. The van der Waals surface area contributed by atoms with Crippen LogP contribution in [0.3, 0.4) is 0 Å². The molecule has 0 bridgehead atoms. The molecule has 2 aromatic rings. The summed E-state index contributed by atoms with van der Waals surface area (Å²) in [6.07, 6.45) is 0. The van der Waals surface area contributed by atoms with Gasteiger partial charge in [-0.3, -0.25) is 20.4 Å². The van der Waals surface area contributed by atoms with E-state index in [1.165, 1.54) is 28.6 Å². The molecule has 0 aliphatic heterocycles. The van der Waals surface area contributed by atoms with Gasteiger partial charge in [-0.2, -0.15) is 9.57 Å². The van der Waals surface area contributed by atoms with Gasteiger partial charge in [0.05, 0.1) is 23.1 Å². The Morgan fingerprint density at radius 2 is 1.70 bits per heavy atom. The van der Waals surface area contributed by atoms with Gasteiger partial charge in [-0.15, -0.1) is 0 Å². The molecular weight excluding hydrogens is 406 g/mol. The summed E-state index contributed by atoms with van der Waals surface area (Å²) in [6, 6.07) is 14.2. The molecule has 3 N–H and O–H groups in total. The molecule has 0 radical (unpaired) electrons. The van der Waals surface area contributed by atoms with Gasteiger partial charge in [0, 0.05) is 24.3 Å². The van der Waals surface area contributed by atoms with E-state index in [0.29, 0.717) is 24.3 Å². The van der Waals surface area contributed by atoms with Crippen molar-refractivity contribution >= 4 is 27.5 Å². The standard InChI is InChI=1S/C20H23N5O4S/c1-3-25(4-2)30(28,29)18-7-5-6-16(12-18)20(27)24-23-19(26)14-22-17-10-8-15(13-21)9-11-17/h5-12,22H,3-4,14H2,1-2H3,(H,23,26)(H,24,27). The molecule has 0 saturated heterocycles. The third kappa shape index (κ3) is 5.79. The van der Waals surface area contributed by atoms with E-state index in [0.717, 1.165) is 0 Å². The van der Waals surface area contributed by atoms with Crippen LogP contribution in [0, 0.1) is 11.3 Å². The van der Waals surface area contributed by atoms with E-state index >= 15 is 0 Å². The van der Waals surface area contributed by atoms with Crippen molar-refractivity contribution in [2.45, 2.75) is 18.7 Å². The van der Waals surface area contributed by atoms with Crippen molar-refractivity contribution in [3.8, 4) is 6.07 Å². The van der Waals surface area contributed by atoms with Gasteiger partial charge in [-0.05, 0) is 42.5 Å². The van der Waals surface area contributed by atoms with Crippen molar-refractivity contribution in [1.82, 2.24) is 15.2 Å². The average Bonchev–Trinajstić information content (AvgIpc) is 2.77. The molecular formula is C20H23N5O4S.